The number of imide groups is 1. The summed E-state index contributed by atoms with van der Waals surface area (Å²) < 4.78 is 37.3. The summed E-state index contributed by atoms with van der Waals surface area (Å²) in [6.45, 7) is 1.84. The standard InChI is InChI=1S/C21H19F2N3O7S/c1-9-14(17(28)32-3)16(34-15(9)18(29)33-4)24-13(27)8-26-19(30)21(2,25-20(26)31)11-7-10(22)5-6-12(11)23/h5-7H,8H2,1-4H3,(H,24,27)(H,25,31)/t21-/m0/s1. The molecule has 4 amide bonds. The highest BCUT2D eigenvalue weighted by Gasteiger charge is 2.51. The van der Waals surface area contributed by atoms with Crippen molar-refractivity contribution in [2.75, 3.05) is 26.1 Å². The Labute approximate surface area is 195 Å². The Morgan fingerprint density at radius 3 is 2.41 bits per heavy atom. The maximum atomic E-state index is 14.3. The van der Waals surface area contributed by atoms with Crippen LogP contribution in [0.25, 0.3) is 0 Å². The number of hydrogen-bond acceptors (Lipinski definition) is 8. The molecule has 0 bridgehead atoms. The summed E-state index contributed by atoms with van der Waals surface area (Å²) in [5.41, 5.74) is -2.23. The third kappa shape index (κ3) is 4.21. The fourth-order valence-electron chi connectivity index (χ4n) is 3.45. The Bertz CT molecular complexity index is 1230. The van der Waals surface area contributed by atoms with Crippen LogP contribution >= 0.6 is 11.3 Å². The van der Waals surface area contributed by atoms with Crippen LogP contribution in [-0.4, -0.2) is 55.4 Å². The number of nitrogens with one attached hydrogen (secondary N) is 2. The first-order valence-corrected chi connectivity index (χ1v) is 10.5. The SMILES string of the molecule is COC(=O)c1sc(NC(=O)CN2C(=O)N[C@@](C)(c3cc(F)ccc3F)C2=O)c(C(=O)OC)c1C. The smallest absolute Gasteiger partial charge is 0.348 e. The fraction of sp³-hybridized carbons (Fsp3) is 0.286. The van der Waals surface area contributed by atoms with E-state index in [0.29, 0.717) is 4.90 Å². The van der Waals surface area contributed by atoms with Crippen LogP contribution in [0.1, 0.15) is 38.1 Å². The molecule has 180 valence electrons. The Hall–Kier alpha value is -3.87. The molecule has 0 unspecified atom stereocenters. The number of thiophene rings is 1. The zero-order valence-corrected chi connectivity index (χ0v) is 19.2. The Morgan fingerprint density at radius 1 is 1.15 bits per heavy atom. The van der Waals surface area contributed by atoms with E-state index in [-0.39, 0.29) is 21.0 Å². The normalized spacial score (nSPS) is 17.4. The molecule has 10 nitrogen and oxygen atoms in total. The number of esters is 2. The van der Waals surface area contributed by atoms with Gasteiger partial charge in [0, 0.05) is 5.56 Å². The van der Waals surface area contributed by atoms with Crippen molar-refractivity contribution in [1.82, 2.24) is 10.2 Å². The number of urea groups is 1. The highest BCUT2D eigenvalue weighted by molar-refractivity contribution is 7.18. The van der Waals surface area contributed by atoms with Gasteiger partial charge in [-0.3, -0.25) is 14.5 Å². The average Bonchev–Trinajstić information content (AvgIpc) is 3.22. The first kappa shape index (κ1) is 24.8. The first-order valence-electron chi connectivity index (χ1n) is 9.64. The van der Waals surface area contributed by atoms with E-state index in [2.05, 4.69) is 15.4 Å². The molecule has 1 saturated heterocycles. The summed E-state index contributed by atoms with van der Waals surface area (Å²) in [6, 6.07) is 1.45. The number of carbonyl (C=O) groups excluding carboxylic acids is 5. The third-order valence-electron chi connectivity index (χ3n) is 5.20. The van der Waals surface area contributed by atoms with Gasteiger partial charge in [-0.25, -0.2) is 23.2 Å². The van der Waals surface area contributed by atoms with E-state index in [9.17, 15) is 32.8 Å². The van der Waals surface area contributed by atoms with Gasteiger partial charge in [0.1, 0.15) is 33.6 Å². The molecule has 0 spiro atoms. The second-order valence-corrected chi connectivity index (χ2v) is 8.38. The largest absolute Gasteiger partial charge is 0.465 e. The predicted molar refractivity (Wildman–Crippen MR) is 114 cm³/mol. The lowest BCUT2D eigenvalue weighted by molar-refractivity contribution is -0.133. The summed E-state index contributed by atoms with van der Waals surface area (Å²) in [7, 11) is 2.26. The summed E-state index contributed by atoms with van der Waals surface area (Å²) in [5, 5.41) is 4.61. The lowest BCUT2D eigenvalue weighted by Gasteiger charge is -2.22. The van der Waals surface area contributed by atoms with Gasteiger partial charge in [-0.2, -0.15) is 0 Å². The van der Waals surface area contributed by atoms with Crippen molar-refractivity contribution < 1.29 is 42.2 Å². The zero-order valence-electron chi connectivity index (χ0n) is 18.4. The predicted octanol–water partition coefficient (Wildman–Crippen LogP) is 2.31. The summed E-state index contributed by atoms with van der Waals surface area (Å²) in [4.78, 5) is 62.8. The van der Waals surface area contributed by atoms with E-state index in [1.54, 1.807) is 0 Å². The van der Waals surface area contributed by atoms with Crippen LogP contribution in [0.4, 0.5) is 18.6 Å². The second kappa shape index (κ2) is 9.17. The molecule has 2 N–H and O–H groups in total. The number of ether oxygens (including phenoxy) is 2. The molecule has 1 aliphatic heterocycles. The van der Waals surface area contributed by atoms with Gasteiger partial charge in [0.15, 0.2) is 0 Å². The summed E-state index contributed by atoms with van der Waals surface area (Å²) in [5.74, 6) is -5.19. The van der Waals surface area contributed by atoms with Crippen LogP contribution in [0.2, 0.25) is 0 Å². The van der Waals surface area contributed by atoms with Crippen LogP contribution in [0.15, 0.2) is 18.2 Å². The third-order valence-corrected chi connectivity index (χ3v) is 6.39. The molecule has 1 fully saturated rings. The minimum absolute atomic E-state index is 0.0438. The number of carbonyl (C=O) groups is 5. The van der Waals surface area contributed by atoms with E-state index in [0.717, 1.165) is 43.8 Å². The van der Waals surface area contributed by atoms with Crippen LogP contribution < -0.4 is 10.6 Å². The molecule has 0 aliphatic carbocycles. The number of methoxy groups -OCH3 is 2. The number of rotatable bonds is 6. The molecule has 2 heterocycles. The van der Waals surface area contributed by atoms with Crippen molar-refractivity contribution in [3.63, 3.8) is 0 Å². The maximum Gasteiger partial charge on any atom is 0.348 e. The number of nitrogens with zero attached hydrogens (tertiary/aromatic N) is 1. The molecule has 1 aromatic heterocycles. The Morgan fingerprint density at radius 2 is 1.79 bits per heavy atom. The van der Waals surface area contributed by atoms with Gasteiger partial charge in [-0.1, -0.05) is 0 Å². The quantitative estimate of drug-likeness (QED) is 0.464. The van der Waals surface area contributed by atoms with Gasteiger partial charge in [-0.15, -0.1) is 11.3 Å². The Balaban J connectivity index is 1.86. The van der Waals surface area contributed by atoms with E-state index >= 15 is 0 Å². The van der Waals surface area contributed by atoms with Gasteiger partial charge in [0.05, 0.1) is 19.8 Å². The van der Waals surface area contributed by atoms with Crippen LogP contribution in [0, 0.1) is 18.6 Å². The molecule has 0 saturated carbocycles. The van der Waals surface area contributed by atoms with Crippen LogP contribution in [-0.2, 0) is 24.6 Å². The Kier molecular flexibility index (Phi) is 6.68. The minimum atomic E-state index is -1.95. The zero-order chi connectivity index (χ0) is 25.4. The maximum absolute atomic E-state index is 14.3. The van der Waals surface area contributed by atoms with Crippen molar-refractivity contribution in [3.05, 3.63) is 51.4 Å². The average molecular weight is 495 g/mol. The van der Waals surface area contributed by atoms with Crippen LogP contribution in [0.3, 0.4) is 0 Å². The van der Waals surface area contributed by atoms with E-state index < -0.39 is 59.1 Å². The van der Waals surface area contributed by atoms with E-state index in [4.69, 9.17) is 4.74 Å². The first-order chi connectivity index (χ1) is 15.9. The lowest BCUT2D eigenvalue weighted by atomic mass is 9.91. The number of anilines is 1. The summed E-state index contributed by atoms with van der Waals surface area (Å²) >= 11 is 0.748. The molecule has 1 aromatic carbocycles. The van der Waals surface area contributed by atoms with E-state index in [1.165, 1.54) is 13.8 Å². The van der Waals surface area contributed by atoms with Crippen molar-refractivity contribution in [1.29, 1.82) is 0 Å². The number of hydrogen-bond donors (Lipinski definition) is 2. The molecule has 2 aromatic rings. The summed E-state index contributed by atoms with van der Waals surface area (Å²) in [6.07, 6.45) is 0. The van der Waals surface area contributed by atoms with Crippen molar-refractivity contribution in [2.24, 2.45) is 0 Å². The van der Waals surface area contributed by atoms with E-state index in [1.807, 2.05) is 0 Å². The number of benzene rings is 1. The van der Waals surface area contributed by atoms with Crippen LogP contribution in [0.5, 0.6) is 0 Å². The van der Waals surface area contributed by atoms with Crippen molar-refractivity contribution in [2.45, 2.75) is 19.4 Å². The van der Waals surface area contributed by atoms with Gasteiger partial charge < -0.3 is 20.1 Å². The molecule has 1 aliphatic rings. The molecular weight excluding hydrogens is 476 g/mol. The second-order valence-electron chi connectivity index (χ2n) is 7.36. The molecule has 0 radical (unpaired) electrons. The highest BCUT2D eigenvalue weighted by Crippen LogP contribution is 2.35. The van der Waals surface area contributed by atoms with Gasteiger partial charge in [-0.05, 0) is 37.6 Å². The lowest BCUT2D eigenvalue weighted by Crippen LogP contribution is -2.42. The molecular formula is C21H19F2N3O7S. The number of halogens is 2. The van der Waals surface area contributed by atoms with Crippen molar-refractivity contribution in [3.8, 4) is 0 Å². The van der Waals surface area contributed by atoms with Gasteiger partial charge in [0.2, 0.25) is 5.91 Å². The molecule has 3 rings (SSSR count). The minimum Gasteiger partial charge on any atom is -0.465 e. The topological polar surface area (TPSA) is 131 Å². The van der Waals surface area contributed by atoms with Gasteiger partial charge in [0.25, 0.3) is 5.91 Å². The highest BCUT2D eigenvalue weighted by atomic mass is 32.1. The fourth-order valence-corrected chi connectivity index (χ4v) is 4.58. The molecule has 34 heavy (non-hydrogen) atoms. The molecule has 13 heteroatoms. The van der Waals surface area contributed by atoms with Gasteiger partial charge >= 0.3 is 18.0 Å². The monoisotopic (exact) mass is 495 g/mol. The number of amides is 4. The molecule has 1 atom stereocenters. The van der Waals surface area contributed by atoms with Crippen molar-refractivity contribution >= 4 is 46.1 Å².